The monoisotopic (exact) mass is 495 g/mol. The Morgan fingerprint density at radius 2 is 1.75 bits per heavy atom. The highest BCUT2D eigenvalue weighted by molar-refractivity contribution is 5.79. The normalized spacial score (nSPS) is 17.8. The second-order valence-electron chi connectivity index (χ2n) is 9.38. The molecule has 2 aromatic carbocycles. The summed E-state index contributed by atoms with van der Waals surface area (Å²) in [7, 11) is 0. The number of hydrogen-bond acceptors (Lipinski definition) is 6. The number of aliphatic hydroxyl groups excluding tert-OH is 1. The number of alkyl halides is 3. The second-order valence-corrected chi connectivity index (χ2v) is 9.38. The van der Waals surface area contributed by atoms with Gasteiger partial charge in [-0.2, -0.15) is 13.2 Å². The molecule has 6 nitrogen and oxygen atoms in total. The molecular formula is C27H24F3N3O3. The van der Waals surface area contributed by atoms with Crippen molar-refractivity contribution in [3.8, 4) is 34.0 Å². The van der Waals surface area contributed by atoms with E-state index in [0.29, 0.717) is 24.1 Å². The number of rotatable bonds is 5. The lowest BCUT2D eigenvalue weighted by Gasteiger charge is -2.24. The number of hydrogen-bond donors (Lipinski definition) is 1. The van der Waals surface area contributed by atoms with Crippen LogP contribution in [0, 0.1) is 0 Å². The molecule has 9 heteroatoms. The molecule has 2 aliphatic rings. The lowest BCUT2D eigenvalue weighted by molar-refractivity contribution is -0.136. The van der Waals surface area contributed by atoms with E-state index in [0.717, 1.165) is 42.6 Å². The molecule has 1 aliphatic carbocycles. The molecule has 6 rings (SSSR count). The summed E-state index contributed by atoms with van der Waals surface area (Å²) in [5.41, 5.74) is 3.19. The minimum Gasteiger partial charge on any atom is -0.395 e. The van der Waals surface area contributed by atoms with Crippen LogP contribution in [-0.2, 0) is 25.6 Å². The van der Waals surface area contributed by atoms with E-state index in [1.807, 2.05) is 12.1 Å². The molecule has 0 radical (unpaired) electrons. The molecule has 0 amide bonds. The summed E-state index contributed by atoms with van der Waals surface area (Å²) in [6.07, 6.45) is -1.48. The first kappa shape index (κ1) is 23.0. The van der Waals surface area contributed by atoms with Crippen molar-refractivity contribution < 1.29 is 27.3 Å². The van der Waals surface area contributed by atoms with E-state index < -0.39 is 11.7 Å². The standard InChI is InChI=1S/C27H24F3N3O3/c28-27(29,30)22-24(32-35-25(22)17-5-2-1-3-6-17)26-21-11-9-18-13-16(8-10-20(18)23(21)31-36-26)14-33-12-4-7-19(33)15-34/h1-3,5-6,8,10,13,19,34H,4,7,9,11-12,14-15H2. The summed E-state index contributed by atoms with van der Waals surface area (Å²) in [6.45, 7) is 1.87. The molecule has 1 N–H and O–H groups in total. The Bertz CT molecular complexity index is 1390. The molecule has 0 spiro atoms. The van der Waals surface area contributed by atoms with E-state index in [2.05, 4.69) is 21.3 Å². The van der Waals surface area contributed by atoms with Gasteiger partial charge in [-0.25, -0.2) is 0 Å². The first-order valence-corrected chi connectivity index (χ1v) is 12.0. The summed E-state index contributed by atoms with van der Waals surface area (Å²) in [5.74, 6) is -0.340. The zero-order valence-electron chi connectivity index (χ0n) is 19.4. The van der Waals surface area contributed by atoms with Gasteiger partial charge in [-0.1, -0.05) is 58.8 Å². The van der Waals surface area contributed by atoms with Gasteiger partial charge in [0.15, 0.2) is 17.2 Å². The van der Waals surface area contributed by atoms with Crippen LogP contribution >= 0.6 is 0 Å². The minimum absolute atomic E-state index is 0.000775. The van der Waals surface area contributed by atoms with Crippen molar-refractivity contribution in [3.63, 3.8) is 0 Å². The van der Waals surface area contributed by atoms with E-state index in [1.54, 1.807) is 30.3 Å². The molecule has 0 bridgehead atoms. The van der Waals surface area contributed by atoms with Crippen LogP contribution in [0.1, 0.15) is 35.1 Å². The van der Waals surface area contributed by atoms with E-state index in [-0.39, 0.29) is 35.4 Å². The molecular weight excluding hydrogens is 471 g/mol. The zero-order valence-corrected chi connectivity index (χ0v) is 19.4. The smallest absolute Gasteiger partial charge is 0.395 e. The van der Waals surface area contributed by atoms with Crippen LogP contribution in [0.4, 0.5) is 13.2 Å². The maximum Gasteiger partial charge on any atom is 0.422 e. The third-order valence-electron chi connectivity index (χ3n) is 7.18. The maximum atomic E-state index is 14.2. The van der Waals surface area contributed by atoms with Crippen LogP contribution < -0.4 is 0 Å². The molecule has 36 heavy (non-hydrogen) atoms. The van der Waals surface area contributed by atoms with Crippen molar-refractivity contribution in [2.45, 2.75) is 44.4 Å². The fourth-order valence-electron chi connectivity index (χ4n) is 5.42. The molecule has 0 saturated carbocycles. The highest BCUT2D eigenvalue weighted by Crippen LogP contribution is 2.46. The van der Waals surface area contributed by atoms with Crippen LogP contribution in [0.2, 0.25) is 0 Å². The predicted molar refractivity (Wildman–Crippen MR) is 126 cm³/mol. The predicted octanol–water partition coefficient (Wildman–Crippen LogP) is 5.74. The maximum absolute atomic E-state index is 14.2. The summed E-state index contributed by atoms with van der Waals surface area (Å²) in [5, 5.41) is 17.6. The van der Waals surface area contributed by atoms with E-state index >= 15 is 0 Å². The number of aryl methyl sites for hydroxylation is 1. The average Bonchev–Trinajstić information content (AvgIpc) is 3.61. The van der Waals surface area contributed by atoms with Gasteiger partial charge in [0.25, 0.3) is 0 Å². The van der Waals surface area contributed by atoms with Gasteiger partial charge < -0.3 is 14.2 Å². The van der Waals surface area contributed by atoms with Gasteiger partial charge in [-0.05, 0) is 43.4 Å². The van der Waals surface area contributed by atoms with Crippen molar-refractivity contribution in [1.82, 2.24) is 15.2 Å². The number of halogens is 3. The van der Waals surface area contributed by atoms with Gasteiger partial charge in [0.2, 0.25) is 0 Å². The van der Waals surface area contributed by atoms with Crippen LogP contribution in [0.15, 0.2) is 57.6 Å². The summed E-state index contributed by atoms with van der Waals surface area (Å²) in [4.78, 5) is 2.29. The van der Waals surface area contributed by atoms with Crippen molar-refractivity contribution in [2.75, 3.05) is 13.2 Å². The van der Waals surface area contributed by atoms with Crippen LogP contribution in [-0.4, -0.2) is 39.5 Å². The van der Waals surface area contributed by atoms with Gasteiger partial charge in [0.05, 0.1) is 6.61 Å². The Labute approximate surface area is 205 Å². The lowest BCUT2D eigenvalue weighted by Crippen LogP contribution is -2.31. The second kappa shape index (κ2) is 8.90. The van der Waals surface area contributed by atoms with Gasteiger partial charge in [-0.15, -0.1) is 0 Å². The zero-order chi connectivity index (χ0) is 24.9. The highest BCUT2D eigenvalue weighted by Gasteiger charge is 2.43. The Balaban J connectivity index is 1.36. The molecule has 1 fully saturated rings. The van der Waals surface area contributed by atoms with Crippen molar-refractivity contribution in [1.29, 1.82) is 0 Å². The highest BCUT2D eigenvalue weighted by atomic mass is 19.4. The third-order valence-corrected chi connectivity index (χ3v) is 7.18. The van der Waals surface area contributed by atoms with Gasteiger partial charge >= 0.3 is 6.18 Å². The van der Waals surface area contributed by atoms with Gasteiger partial charge in [-0.3, -0.25) is 4.90 Å². The summed E-state index contributed by atoms with van der Waals surface area (Å²) in [6, 6.07) is 14.4. The Hall–Kier alpha value is -3.43. The van der Waals surface area contributed by atoms with E-state index in [4.69, 9.17) is 9.05 Å². The molecule has 186 valence electrons. The SMILES string of the molecule is OCC1CCCN1Cc1ccc2c(c1)CCc1c-2noc1-c1noc(-c2ccccc2)c1C(F)(F)F. The number of nitrogens with zero attached hydrogens (tertiary/aromatic N) is 3. The number of aliphatic hydroxyl groups is 1. The first-order chi connectivity index (χ1) is 17.4. The molecule has 3 heterocycles. The number of likely N-dealkylation sites (tertiary alicyclic amines) is 1. The molecule has 1 unspecified atom stereocenters. The van der Waals surface area contributed by atoms with Crippen LogP contribution in [0.25, 0.3) is 34.0 Å². The fourth-order valence-corrected chi connectivity index (χ4v) is 5.42. The number of aromatic nitrogens is 2. The molecule has 1 saturated heterocycles. The Kier molecular flexibility index (Phi) is 5.69. The number of fused-ring (bicyclic) bond motifs is 3. The minimum atomic E-state index is -4.69. The molecule has 2 aromatic heterocycles. The van der Waals surface area contributed by atoms with Crippen molar-refractivity contribution in [2.24, 2.45) is 0 Å². The summed E-state index contributed by atoms with van der Waals surface area (Å²) < 4.78 is 53.2. The van der Waals surface area contributed by atoms with Crippen LogP contribution in [0.3, 0.4) is 0 Å². The third kappa shape index (κ3) is 3.92. The number of benzene rings is 2. The van der Waals surface area contributed by atoms with Gasteiger partial charge in [0, 0.05) is 29.3 Å². The van der Waals surface area contributed by atoms with Crippen molar-refractivity contribution >= 4 is 0 Å². The largest absolute Gasteiger partial charge is 0.422 e. The quantitative estimate of drug-likeness (QED) is 0.381. The average molecular weight is 496 g/mol. The molecule has 1 atom stereocenters. The topological polar surface area (TPSA) is 75.5 Å². The fraction of sp³-hybridized carbons (Fsp3) is 0.333. The van der Waals surface area contributed by atoms with Crippen molar-refractivity contribution in [3.05, 3.63) is 70.8 Å². The molecule has 1 aliphatic heterocycles. The van der Waals surface area contributed by atoms with Crippen LogP contribution in [0.5, 0.6) is 0 Å². The van der Waals surface area contributed by atoms with E-state index in [9.17, 15) is 18.3 Å². The summed E-state index contributed by atoms with van der Waals surface area (Å²) >= 11 is 0. The van der Waals surface area contributed by atoms with E-state index in [1.165, 1.54) is 0 Å². The van der Waals surface area contributed by atoms with Gasteiger partial charge in [0.1, 0.15) is 11.3 Å². The molecule has 4 aromatic rings. The lowest BCUT2D eigenvalue weighted by atomic mass is 9.87. The Morgan fingerprint density at radius 1 is 0.972 bits per heavy atom. The Morgan fingerprint density at radius 3 is 2.53 bits per heavy atom. The first-order valence-electron chi connectivity index (χ1n) is 12.0.